The van der Waals surface area contributed by atoms with Gasteiger partial charge in [-0.1, -0.05) is 88.7 Å². The molecule has 0 saturated carbocycles. The van der Waals surface area contributed by atoms with E-state index in [1.54, 1.807) is 6.33 Å². The van der Waals surface area contributed by atoms with Crippen LogP contribution in [-0.4, -0.2) is 37.6 Å². The first-order chi connectivity index (χ1) is 17.4. The van der Waals surface area contributed by atoms with Crippen LogP contribution in [0, 0.1) is 11.3 Å². The zero-order valence-corrected chi connectivity index (χ0v) is 24.1. The van der Waals surface area contributed by atoms with Crippen LogP contribution in [0.2, 0.25) is 10.4 Å². The van der Waals surface area contributed by atoms with Crippen LogP contribution in [0.25, 0.3) is 11.2 Å². The van der Waals surface area contributed by atoms with Gasteiger partial charge in [0.1, 0.15) is 5.52 Å². The lowest BCUT2D eigenvalue weighted by Gasteiger charge is -2.14. The van der Waals surface area contributed by atoms with Gasteiger partial charge in [0.25, 0.3) is 0 Å². The second kappa shape index (κ2) is 18.4. The van der Waals surface area contributed by atoms with Crippen molar-refractivity contribution in [3.05, 3.63) is 16.8 Å². The number of unbranched alkanes of at least 4 members (excludes halogenated alkanes) is 13. The van der Waals surface area contributed by atoms with Crippen LogP contribution in [0.5, 0.6) is 0 Å². The summed E-state index contributed by atoms with van der Waals surface area (Å²) in [7, 11) is 0. The van der Waals surface area contributed by atoms with Crippen molar-refractivity contribution in [2.45, 2.75) is 103 Å². The molecule has 36 heavy (non-hydrogen) atoms. The Bertz CT molecular complexity index is 989. The number of aromatic nitrogens is 4. The molecule has 2 aromatic rings. The molecule has 0 spiro atoms. The number of halogens is 2. The molecule has 0 aliphatic rings. The van der Waals surface area contributed by atoms with E-state index < -0.39 is 6.72 Å². The molecule has 0 aliphatic carbocycles. The first-order valence-corrected chi connectivity index (χ1v) is 16.3. The van der Waals surface area contributed by atoms with E-state index in [9.17, 15) is 4.89 Å². The van der Waals surface area contributed by atoms with Crippen molar-refractivity contribution < 1.29 is 13.9 Å². The second-order valence-corrected chi connectivity index (χ2v) is 12.4. The lowest BCUT2D eigenvalue weighted by molar-refractivity contribution is 0.196. The molecule has 202 valence electrons. The Hall–Kier alpha value is -0.850. The highest BCUT2D eigenvalue weighted by molar-refractivity contribution is 8.07. The molecule has 8 nitrogen and oxygen atoms in total. The van der Waals surface area contributed by atoms with Gasteiger partial charge in [0.05, 0.1) is 32.0 Å². The average Bonchev–Trinajstić information content (AvgIpc) is 3.24. The third kappa shape index (κ3) is 13.1. The summed E-state index contributed by atoms with van der Waals surface area (Å²) in [4.78, 5) is 22.2. The predicted molar refractivity (Wildman–Crippen MR) is 149 cm³/mol. The summed E-state index contributed by atoms with van der Waals surface area (Å²) in [6.07, 6.45) is 19.0. The zero-order valence-electron chi connectivity index (χ0n) is 20.9. The SMILES string of the molecule is N#CCCOP(O)(=S)OCCCCCCCCCCCCCCCCn1cnc2nc(Cl)nc(Cl)c21. The molecule has 0 bridgehead atoms. The molecule has 2 aromatic heterocycles. The Morgan fingerprint density at radius 3 is 1.97 bits per heavy atom. The van der Waals surface area contributed by atoms with Crippen LogP contribution in [0.3, 0.4) is 0 Å². The van der Waals surface area contributed by atoms with Gasteiger partial charge < -0.3 is 18.5 Å². The summed E-state index contributed by atoms with van der Waals surface area (Å²) in [5, 5.41) is 8.95. The molecule has 1 N–H and O–H groups in total. The van der Waals surface area contributed by atoms with Crippen LogP contribution in [-0.2, 0) is 27.4 Å². The van der Waals surface area contributed by atoms with E-state index in [-0.39, 0.29) is 18.3 Å². The minimum Gasteiger partial charge on any atom is -0.327 e. The fourth-order valence-corrected chi connectivity index (χ4v) is 5.69. The topological polar surface area (TPSA) is 106 Å². The van der Waals surface area contributed by atoms with Crippen molar-refractivity contribution in [1.29, 1.82) is 5.26 Å². The zero-order chi connectivity index (χ0) is 26.1. The Morgan fingerprint density at radius 2 is 1.39 bits per heavy atom. The summed E-state index contributed by atoms with van der Waals surface area (Å²) in [5.74, 6) is 0. The Morgan fingerprint density at radius 1 is 0.861 bits per heavy atom. The third-order valence-corrected chi connectivity index (χ3v) is 8.00. The Labute approximate surface area is 230 Å². The first-order valence-electron chi connectivity index (χ1n) is 13.0. The van der Waals surface area contributed by atoms with Gasteiger partial charge in [0, 0.05) is 6.54 Å². The number of aryl methyl sites for hydroxylation is 1. The van der Waals surface area contributed by atoms with Crippen LogP contribution in [0.4, 0.5) is 0 Å². The fraction of sp³-hybridized carbons (Fsp3) is 0.750. The number of hydrogen-bond donors (Lipinski definition) is 1. The minimum atomic E-state index is -3.17. The normalized spacial score (nSPS) is 13.2. The molecule has 2 rings (SSSR count). The molecule has 0 aliphatic heterocycles. The molecule has 1 unspecified atom stereocenters. The van der Waals surface area contributed by atoms with Gasteiger partial charge in [-0.25, -0.2) is 9.97 Å². The summed E-state index contributed by atoms with van der Waals surface area (Å²) >= 11 is 16.9. The van der Waals surface area contributed by atoms with E-state index in [2.05, 4.69) is 15.0 Å². The average molecular weight is 579 g/mol. The molecule has 0 fully saturated rings. The van der Waals surface area contributed by atoms with Gasteiger partial charge in [-0.3, -0.25) is 0 Å². The fourth-order valence-electron chi connectivity index (χ4n) is 4.01. The van der Waals surface area contributed by atoms with Gasteiger partial charge in [-0.05, 0) is 36.2 Å². The number of nitriles is 1. The molecule has 0 aromatic carbocycles. The largest absolute Gasteiger partial charge is 0.327 e. The van der Waals surface area contributed by atoms with E-state index in [4.69, 9.17) is 49.3 Å². The lowest BCUT2D eigenvalue weighted by Crippen LogP contribution is -1.98. The molecule has 12 heteroatoms. The van der Waals surface area contributed by atoms with Crippen molar-refractivity contribution in [3.8, 4) is 6.07 Å². The number of rotatable bonds is 21. The standard InChI is InChI=1S/C24H38Cl2N5O3PS/c25-22-21-23(30-24(26)29-22)28-20-31(21)17-13-11-9-7-5-3-1-2-4-6-8-10-12-14-18-33-35(32,36)34-19-15-16-27/h20H,1-15,17-19H2,(H,32,36). The molecular formula is C24H38Cl2N5O3PS. The number of fused-ring (bicyclic) bond motifs is 1. The van der Waals surface area contributed by atoms with Crippen molar-refractivity contribution in [3.63, 3.8) is 0 Å². The number of hydrogen-bond acceptors (Lipinski definition) is 7. The summed E-state index contributed by atoms with van der Waals surface area (Å²) < 4.78 is 12.3. The second-order valence-electron chi connectivity index (χ2n) is 8.89. The maximum Gasteiger partial charge on any atom is 0.324 e. The summed E-state index contributed by atoms with van der Waals surface area (Å²) in [6.45, 7) is -1.76. The first kappa shape index (κ1) is 31.4. The lowest BCUT2D eigenvalue weighted by atomic mass is 10.0. The van der Waals surface area contributed by atoms with Gasteiger partial charge in [-0.2, -0.15) is 10.2 Å². The Balaban J connectivity index is 1.34. The Kier molecular flexibility index (Phi) is 16.0. The van der Waals surface area contributed by atoms with Gasteiger partial charge in [0.15, 0.2) is 10.8 Å². The van der Waals surface area contributed by atoms with Crippen LogP contribution < -0.4 is 0 Å². The maximum absolute atomic E-state index is 9.80. The van der Waals surface area contributed by atoms with E-state index in [1.165, 1.54) is 70.6 Å². The monoisotopic (exact) mass is 577 g/mol. The van der Waals surface area contributed by atoms with Crippen LogP contribution >= 0.6 is 29.9 Å². The van der Waals surface area contributed by atoms with E-state index >= 15 is 0 Å². The molecule has 0 radical (unpaired) electrons. The van der Waals surface area contributed by atoms with E-state index in [0.29, 0.717) is 17.4 Å². The molecule has 2 heterocycles. The minimum absolute atomic E-state index is 0.123. The smallest absolute Gasteiger partial charge is 0.324 e. The van der Waals surface area contributed by atoms with Crippen LogP contribution in [0.15, 0.2) is 6.33 Å². The summed E-state index contributed by atoms with van der Waals surface area (Å²) in [5.41, 5.74) is 1.31. The van der Waals surface area contributed by atoms with Crippen molar-refractivity contribution in [2.24, 2.45) is 0 Å². The highest BCUT2D eigenvalue weighted by Crippen LogP contribution is 2.43. The van der Waals surface area contributed by atoms with Gasteiger partial charge in [0.2, 0.25) is 5.28 Å². The van der Waals surface area contributed by atoms with E-state index in [0.717, 1.165) is 31.3 Å². The van der Waals surface area contributed by atoms with E-state index in [1.807, 2.05) is 10.6 Å². The van der Waals surface area contributed by atoms with Crippen molar-refractivity contribution in [1.82, 2.24) is 19.5 Å². The number of imidazole rings is 1. The van der Waals surface area contributed by atoms with Gasteiger partial charge in [-0.15, -0.1) is 0 Å². The quantitative estimate of drug-likeness (QED) is 0.0693. The predicted octanol–water partition coefficient (Wildman–Crippen LogP) is 7.76. The third-order valence-electron chi connectivity index (χ3n) is 5.92. The molecule has 0 saturated heterocycles. The van der Waals surface area contributed by atoms with Gasteiger partial charge >= 0.3 is 6.72 Å². The highest BCUT2D eigenvalue weighted by atomic mass is 35.5. The van der Waals surface area contributed by atoms with Crippen molar-refractivity contribution >= 4 is 52.9 Å². The van der Waals surface area contributed by atoms with Crippen molar-refractivity contribution in [2.75, 3.05) is 13.2 Å². The molecule has 1 atom stereocenters. The van der Waals surface area contributed by atoms with Crippen LogP contribution in [0.1, 0.15) is 96.3 Å². The molecular weight excluding hydrogens is 540 g/mol. The summed E-state index contributed by atoms with van der Waals surface area (Å²) in [6, 6.07) is 1.94. The maximum atomic E-state index is 9.80. The number of nitrogens with zero attached hydrogens (tertiary/aromatic N) is 5. The molecule has 0 amide bonds. The highest BCUT2D eigenvalue weighted by Gasteiger charge is 2.14.